The van der Waals surface area contributed by atoms with Gasteiger partial charge in [-0.05, 0) is 104 Å². The first kappa shape index (κ1) is 38.6. The molecule has 3 saturated heterocycles. The van der Waals surface area contributed by atoms with Crippen LogP contribution in [0.2, 0.25) is 5.02 Å². The number of aromatic nitrogens is 2. The van der Waals surface area contributed by atoms with E-state index in [4.69, 9.17) is 16.3 Å². The van der Waals surface area contributed by atoms with E-state index in [1.807, 2.05) is 29.3 Å². The zero-order valence-electron chi connectivity index (χ0n) is 31.1. The summed E-state index contributed by atoms with van der Waals surface area (Å²) in [7, 11) is 3.37. The highest BCUT2D eigenvalue weighted by Gasteiger charge is 2.37. The van der Waals surface area contributed by atoms with E-state index in [9.17, 15) is 27.6 Å². The molecule has 2 aromatic carbocycles. The number of likely N-dealkylation sites (tertiary alicyclic amines) is 1. The van der Waals surface area contributed by atoms with Gasteiger partial charge in [-0.3, -0.25) is 29.6 Å². The van der Waals surface area contributed by atoms with Gasteiger partial charge in [-0.2, -0.15) is 13.2 Å². The van der Waals surface area contributed by atoms with Crippen LogP contribution in [0.15, 0.2) is 59.8 Å². The maximum atomic E-state index is 14.2. The Morgan fingerprint density at radius 3 is 2.33 bits per heavy atom. The van der Waals surface area contributed by atoms with Crippen LogP contribution in [0, 0.1) is 11.8 Å². The Labute approximate surface area is 323 Å². The number of hydrogen-bond donors (Lipinski definition) is 2. The molecule has 3 aliphatic heterocycles. The fourth-order valence-corrected chi connectivity index (χ4v) is 8.67. The third-order valence-electron chi connectivity index (χ3n) is 11.6. The molecule has 0 saturated carbocycles. The number of nitrogens with zero attached hydrogens (tertiary/aromatic N) is 4. The average molecular weight is 779 g/mol. The highest BCUT2D eigenvalue weighted by molar-refractivity contribution is 6.32. The van der Waals surface area contributed by atoms with Gasteiger partial charge < -0.3 is 19.5 Å². The lowest BCUT2D eigenvalue weighted by atomic mass is 9.85. The van der Waals surface area contributed by atoms with Crippen LogP contribution in [-0.4, -0.2) is 65.6 Å². The van der Waals surface area contributed by atoms with Crippen LogP contribution in [0.5, 0.6) is 5.75 Å². The summed E-state index contributed by atoms with van der Waals surface area (Å²) in [5, 5.41) is 7.07. The number of pyridine rings is 2. The molecule has 0 radical (unpaired) electrons. The molecule has 7 rings (SSSR count). The van der Waals surface area contributed by atoms with Crippen molar-refractivity contribution in [2.24, 2.45) is 18.9 Å². The Hall–Kier alpha value is -4.62. The lowest BCUT2D eigenvalue weighted by Gasteiger charge is -2.37. The van der Waals surface area contributed by atoms with Crippen LogP contribution >= 0.6 is 11.6 Å². The number of ether oxygens (including phenoxy) is 1. The second-order valence-electron chi connectivity index (χ2n) is 15.1. The molecule has 4 aromatic rings. The number of rotatable bonds is 10. The van der Waals surface area contributed by atoms with E-state index < -0.39 is 23.7 Å². The molecular weight excluding hydrogens is 733 g/mol. The Morgan fingerprint density at radius 1 is 0.945 bits per heavy atom. The van der Waals surface area contributed by atoms with Gasteiger partial charge in [0, 0.05) is 79.2 Å². The minimum absolute atomic E-state index is 0.111. The number of nitrogens with one attached hydrogen (secondary N) is 2. The Balaban J connectivity index is 0.908. The van der Waals surface area contributed by atoms with Crippen molar-refractivity contribution < 1.29 is 27.5 Å². The van der Waals surface area contributed by atoms with Gasteiger partial charge in [-0.15, -0.1) is 0 Å². The lowest BCUT2D eigenvalue weighted by Crippen LogP contribution is -2.47. The number of carbonyl (C=O) groups is 2. The number of hydrogen-bond acceptors (Lipinski definition) is 8. The monoisotopic (exact) mass is 778 g/mol. The number of alkyl halides is 3. The highest BCUT2D eigenvalue weighted by Crippen LogP contribution is 2.41. The zero-order chi connectivity index (χ0) is 38.9. The number of methoxy groups -OCH3 is 1. The summed E-state index contributed by atoms with van der Waals surface area (Å²) in [6, 6.07) is 9.17. The molecule has 0 bridgehead atoms. The number of anilines is 2. The van der Waals surface area contributed by atoms with E-state index in [1.54, 1.807) is 37.2 Å². The smallest absolute Gasteiger partial charge is 0.418 e. The number of aryl methyl sites for hydroxylation is 1. The minimum atomic E-state index is -4.55. The fourth-order valence-electron chi connectivity index (χ4n) is 8.40. The van der Waals surface area contributed by atoms with Gasteiger partial charge in [0.15, 0.2) is 0 Å². The zero-order valence-corrected chi connectivity index (χ0v) is 31.8. The van der Waals surface area contributed by atoms with Gasteiger partial charge in [0.2, 0.25) is 11.8 Å². The van der Waals surface area contributed by atoms with Crippen LogP contribution in [0.25, 0.3) is 21.9 Å². The Kier molecular flexibility index (Phi) is 11.4. The third-order valence-corrected chi connectivity index (χ3v) is 11.9. The molecule has 5 heterocycles. The van der Waals surface area contributed by atoms with Crippen molar-refractivity contribution in [1.29, 1.82) is 0 Å². The first-order chi connectivity index (χ1) is 26.4. The second-order valence-corrected chi connectivity index (χ2v) is 15.5. The summed E-state index contributed by atoms with van der Waals surface area (Å²) in [6.07, 6.45) is 6.90. The van der Waals surface area contributed by atoms with Crippen LogP contribution in [0.3, 0.4) is 0 Å². The SMILES string of the molecule is COc1cc(-c2cn(C)c(=O)c3cnccc23)cc(Cl)c1CN1CCC(CCC2CCN(c3ccc(NC4CCC(=O)NC4=O)cc3C(F)(F)F)CC2)CC1. The average Bonchev–Trinajstić information content (AvgIpc) is 3.17. The van der Waals surface area contributed by atoms with Crippen molar-refractivity contribution in [2.45, 2.75) is 70.1 Å². The number of amides is 2. The second kappa shape index (κ2) is 16.2. The first-order valence-electron chi connectivity index (χ1n) is 19.0. The molecule has 2 aromatic heterocycles. The molecule has 1 atom stereocenters. The van der Waals surface area contributed by atoms with E-state index in [2.05, 4.69) is 20.5 Å². The molecule has 55 heavy (non-hydrogen) atoms. The van der Waals surface area contributed by atoms with E-state index >= 15 is 0 Å². The normalized spacial score (nSPS) is 19.2. The van der Waals surface area contributed by atoms with Gasteiger partial charge in [-0.1, -0.05) is 24.4 Å². The van der Waals surface area contributed by atoms with Crippen LogP contribution < -0.4 is 25.8 Å². The summed E-state index contributed by atoms with van der Waals surface area (Å²) in [4.78, 5) is 44.7. The minimum Gasteiger partial charge on any atom is -0.496 e. The summed E-state index contributed by atoms with van der Waals surface area (Å²) in [5.41, 5.74) is 2.20. The maximum absolute atomic E-state index is 14.2. The standard InChI is InChI=1S/C41H46ClF3N6O4/c1-49-23-31(29-9-14-46-22-30(29)40(49)54)27-19-34(42)32(37(20-27)55-2)24-50-15-10-25(11-16-50)3-4-26-12-17-51(18-13-26)36-7-5-28(21-33(36)41(43,44)45)47-35-6-8-38(52)48-39(35)53/h5,7,9,14,19-23,25-26,35,47H,3-4,6,8,10-13,15-18,24H2,1-2H3,(H,48,52,53). The number of fused-ring (bicyclic) bond motifs is 1. The van der Waals surface area contributed by atoms with Crippen molar-refractivity contribution in [3.8, 4) is 16.9 Å². The summed E-state index contributed by atoms with van der Waals surface area (Å²) in [5.74, 6) is 0.871. The van der Waals surface area contributed by atoms with E-state index in [-0.39, 0.29) is 35.7 Å². The molecule has 0 spiro atoms. The van der Waals surface area contributed by atoms with E-state index in [1.165, 1.54) is 6.07 Å². The predicted octanol–water partition coefficient (Wildman–Crippen LogP) is 7.41. The molecular formula is C41H46ClF3N6O4. The Morgan fingerprint density at radius 2 is 1.65 bits per heavy atom. The fraction of sp³-hybridized carbons (Fsp3) is 0.463. The molecule has 1 unspecified atom stereocenters. The topological polar surface area (TPSA) is 109 Å². The lowest BCUT2D eigenvalue weighted by molar-refractivity contribution is -0.137. The van der Waals surface area contributed by atoms with Crippen LogP contribution in [0.1, 0.15) is 62.5 Å². The van der Waals surface area contributed by atoms with Gasteiger partial charge in [0.05, 0.1) is 18.1 Å². The predicted molar refractivity (Wildman–Crippen MR) is 207 cm³/mol. The Bertz CT molecular complexity index is 2130. The molecule has 0 aliphatic carbocycles. The van der Waals surface area contributed by atoms with Gasteiger partial charge in [0.25, 0.3) is 5.56 Å². The van der Waals surface area contributed by atoms with Crippen molar-refractivity contribution in [2.75, 3.05) is 43.5 Å². The largest absolute Gasteiger partial charge is 0.496 e. The van der Waals surface area contributed by atoms with E-state index in [0.29, 0.717) is 47.6 Å². The molecule has 3 fully saturated rings. The van der Waals surface area contributed by atoms with Crippen molar-refractivity contribution in [3.63, 3.8) is 0 Å². The summed E-state index contributed by atoms with van der Waals surface area (Å²) in [6.45, 7) is 3.67. The van der Waals surface area contributed by atoms with Crippen LogP contribution in [0.4, 0.5) is 24.5 Å². The molecule has 2 amide bonds. The maximum Gasteiger partial charge on any atom is 0.418 e. The number of piperidine rings is 3. The molecule has 2 N–H and O–H groups in total. The highest BCUT2D eigenvalue weighted by atomic mass is 35.5. The van der Waals surface area contributed by atoms with Gasteiger partial charge in [-0.25, -0.2) is 0 Å². The molecule has 292 valence electrons. The molecule has 10 nitrogen and oxygen atoms in total. The first-order valence-corrected chi connectivity index (χ1v) is 19.3. The molecule has 14 heteroatoms. The number of benzene rings is 2. The molecule has 3 aliphatic rings. The van der Waals surface area contributed by atoms with E-state index in [0.717, 1.165) is 79.8 Å². The number of imide groups is 1. The van der Waals surface area contributed by atoms with Crippen molar-refractivity contribution in [3.05, 3.63) is 81.5 Å². The van der Waals surface area contributed by atoms with Crippen LogP contribution in [-0.2, 0) is 29.4 Å². The summed E-state index contributed by atoms with van der Waals surface area (Å²) < 4.78 is 50.1. The van der Waals surface area contributed by atoms with Crippen molar-refractivity contribution in [1.82, 2.24) is 19.8 Å². The van der Waals surface area contributed by atoms with Gasteiger partial charge in [0.1, 0.15) is 11.8 Å². The summed E-state index contributed by atoms with van der Waals surface area (Å²) >= 11 is 6.93. The van der Waals surface area contributed by atoms with Gasteiger partial charge >= 0.3 is 6.18 Å². The number of halogens is 4. The number of carbonyl (C=O) groups excluding carboxylic acids is 2. The quantitative estimate of drug-likeness (QED) is 0.160. The van der Waals surface area contributed by atoms with Crippen molar-refractivity contribution >= 4 is 45.6 Å². The third kappa shape index (κ3) is 8.62.